The zero-order valence-corrected chi connectivity index (χ0v) is 17.3. The van der Waals surface area contributed by atoms with Gasteiger partial charge in [0.15, 0.2) is 0 Å². The molecule has 0 fully saturated rings. The molecule has 1 aromatic rings. The summed E-state index contributed by atoms with van der Waals surface area (Å²) in [4.78, 5) is 0. The molecule has 2 heteroatoms. The first kappa shape index (κ1) is 19.2. The molecule has 0 aromatic heterocycles. The maximum atomic E-state index is 4.54. The van der Waals surface area contributed by atoms with Gasteiger partial charge in [0.05, 0.1) is 0 Å². The fourth-order valence-corrected chi connectivity index (χ4v) is 14.4. The molecule has 0 saturated carbocycles. The number of hydrogen-bond donors (Lipinski definition) is 0. The van der Waals surface area contributed by atoms with Gasteiger partial charge in [-0.25, -0.2) is 0 Å². The zero-order valence-electron chi connectivity index (χ0n) is 14.8. The summed E-state index contributed by atoms with van der Waals surface area (Å²) in [6, 6.07) is 11.1. The number of halogens is 1. The standard InChI is InChI=1S/C19H34BrP/c1-7-16(4)21(20,17(5)8-2,18(6)9-3)15-19-13-11-10-12-14-19/h10-14,16-18H,7-9,15H2,1-6H3. The van der Waals surface area contributed by atoms with Crippen LogP contribution >= 0.6 is 20.8 Å². The van der Waals surface area contributed by atoms with Crippen molar-refractivity contribution in [1.82, 2.24) is 0 Å². The summed E-state index contributed by atoms with van der Waals surface area (Å²) in [5.41, 5.74) is 3.80. The molecule has 1 aromatic carbocycles. The Balaban J connectivity index is 3.44. The van der Waals surface area contributed by atoms with Crippen molar-refractivity contribution in [3.63, 3.8) is 0 Å². The van der Waals surface area contributed by atoms with Crippen molar-refractivity contribution in [2.45, 2.75) is 83.9 Å². The molecule has 3 unspecified atom stereocenters. The van der Waals surface area contributed by atoms with E-state index in [4.69, 9.17) is 0 Å². The Kier molecular flexibility index (Phi) is 6.94. The van der Waals surface area contributed by atoms with Gasteiger partial charge in [0.1, 0.15) is 0 Å². The van der Waals surface area contributed by atoms with E-state index in [1.54, 1.807) is 0 Å². The summed E-state index contributed by atoms with van der Waals surface area (Å²) in [5, 5.41) is -2.03. The van der Waals surface area contributed by atoms with Crippen LogP contribution in [0, 0.1) is 0 Å². The molecule has 3 atom stereocenters. The Labute approximate surface area is 140 Å². The quantitative estimate of drug-likeness (QED) is 0.415. The molecule has 0 aliphatic rings. The fourth-order valence-electron chi connectivity index (χ4n) is 3.97. The van der Waals surface area contributed by atoms with Crippen LogP contribution in [0.25, 0.3) is 0 Å². The molecule has 0 heterocycles. The summed E-state index contributed by atoms with van der Waals surface area (Å²) in [6.07, 6.45) is 5.05. The van der Waals surface area contributed by atoms with Crippen LogP contribution in [0.5, 0.6) is 0 Å². The SMILES string of the molecule is CCC(C)P(Br)(Cc1ccccc1)(C(C)CC)C(C)CC. The van der Waals surface area contributed by atoms with E-state index < -0.39 is 5.31 Å². The molecule has 0 bridgehead atoms. The molecule has 21 heavy (non-hydrogen) atoms. The van der Waals surface area contributed by atoms with E-state index in [1.165, 1.54) is 31.0 Å². The van der Waals surface area contributed by atoms with Gasteiger partial charge in [-0.3, -0.25) is 0 Å². The van der Waals surface area contributed by atoms with Crippen LogP contribution < -0.4 is 0 Å². The van der Waals surface area contributed by atoms with Gasteiger partial charge in [-0.2, -0.15) is 0 Å². The van der Waals surface area contributed by atoms with E-state index in [0.717, 1.165) is 17.0 Å². The fraction of sp³-hybridized carbons (Fsp3) is 0.684. The van der Waals surface area contributed by atoms with Gasteiger partial charge >= 0.3 is 141 Å². The first-order valence-corrected chi connectivity index (χ1v) is 13.2. The van der Waals surface area contributed by atoms with Gasteiger partial charge in [0.25, 0.3) is 0 Å². The predicted molar refractivity (Wildman–Crippen MR) is 105 cm³/mol. The van der Waals surface area contributed by atoms with E-state index in [1.807, 2.05) is 0 Å². The molecule has 1 rings (SSSR count). The van der Waals surface area contributed by atoms with Crippen molar-refractivity contribution < 1.29 is 0 Å². The monoisotopic (exact) mass is 372 g/mol. The van der Waals surface area contributed by atoms with Crippen molar-refractivity contribution >= 4 is 20.8 Å². The topological polar surface area (TPSA) is 0 Å². The van der Waals surface area contributed by atoms with Gasteiger partial charge in [0, 0.05) is 0 Å². The van der Waals surface area contributed by atoms with E-state index in [9.17, 15) is 0 Å². The first-order chi connectivity index (χ1) is 9.84. The normalized spacial score (nSPS) is 18.5. The van der Waals surface area contributed by atoms with E-state index >= 15 is 0 Å². The minimum absolute atomic E-state index is 0.765. The Hall–Kier alpha value is 0.130. The molecular formula is C19H34BrP. The molecule has 0 aliphatic heterocycles. The third-order valence-electron chi connectivity index (χ3n) is 6.09. The van der Waals surface area contributed by atoms with Crippen LogP contribution in [0.15, 0.2) is 30.3 Å². The van der Waals surface area contributed by atoms with E-state index in [-0.39, 0.29) is 0 Å². The van der Waals surface area contributed by atoms with Crippen molar-refractivity contribution in [2.75, 3.05) is 0 Å². The van der Waals surface area contributed by atoms with Crippen molar-refractivity contribution in [3.8, 4) is 0 Å². The molecule has 0 aliphatic carbocycles. The van der Waals surface area contributed by atoms with Crippen LogP contribution in [0.3, 0.4) is 0 Å². The van der Waals surface area contributed by atoms with Gasteiger partial charge in [-0.05, 0) is 0 Å². The third kappa shape index (κ3) is 3.40. The summed E-state index contributed by atoms with van der Waals surface area (Å²) < 4.78 is 0. The molecule has 122 valence electrons. The molecule has 0 spiro atoms. The molecule has 0 amide bonds. The molecule has 0 radical (unpaired) electrons. The number of hydrogen-bond acceptors (Lipinski definition) is 0. The van der Waals surface area contributed by atoms with Crippen LogP contribution in [0.2, 0.25) is 0 Å². The van der Waals surface area contributed by atoms with Crippen LogP contribution in [0.4, 0.5) is 0 Å². The Bertz CT molecular complexity index is 399. The summed E-state index contributed by atoms with van der Waals surface area (Å²) in [5.74, 6) is 0. The van der Waals surface area contributed by atoms with Gasteiger partial charge in [-0.1, -0.05) is 0 Å². The van der Waals surface area contributed by atoms with Crippen molar-refractivity contribution in [3.05, 3.63) is 35.9 Å². The van der Waals surface area contributed by atoms with Crippen LogP contribution in [-0.2, 0) is 6.16 Å². The van der Waals surface area contributed by atoms with E-state index in [0.29, 0.717) is 0 Å². The Morgan fingerprint density at radius 3 is 1.52 bits per heavy atom. The maximum absolute atomic E-state index is 4.54. The second kappa shape index (κ2) is 7.60. The summed E-state index contributed by atoms with van der Waals surface area (Å²) in [7, 11) is 0. The molecule has 0 saturated heterocycles. The minimum atomic E-state index is -2.03. The molecular weight excluding hydrogens is 339 g/mol. The van der Waals surface area contributed by atoms with Gasteiger partial charge in [-0.15, -0.1) is 0 Å². The molecule has 0 nitrogen and oxygen atoms in total. The van der Waals surface area contributed by atoms with Crippen LogP contribution in [-0.4, -0.2) is 17.0 Å². The molecule has 0 N–H and O–H groups in total. The number of benzene rings is 1. The summed E-state index contributed by atoms with van der Waals surface area (Å²) in [6.45, 7) is 14.6. The first-order valence-electron chi connectivity index (χ1n) is 8.60. The average molecular weight is 373 g/mol. The second-order valence-electron chi connectivity index (χ2n) is 6.82. The Morgan fingerprint density at radius 2 is 1.19 bits per heavy atom. The van der Waals surface area contributed by atoms with Crippen LogP contribution in [0.1, 0.15) is 66.4 Å². The third-order valence-corrected chi connectivity index (χ3v) is 21.2. The number of rotatable bonds is 8. The van der Waals surface area contributed by atoms with Crippen molar-refractivity contribution in [2.24, 2.45) is 0 Å². The van der Waals surface area contributed by atoms with Gasteiger partial charge < -0.3 is 0 Å². The van der Waals surface area contributed by atoms with Gasteiger partial charge in [0.2, 0.25) is 0 Å². The average Bonchev–Trinajstić information content (AvgIpc) is 2.53. The summed E-state index contributed by atoms with van der Waals surface area (Å²) >= 11 is 4.54. The predicted octanol–water partition coefficient (Wildman–Crippen LogP) is 7.45. The Morgan fingerprint density at radius 1 is 0.810 bits per heavy atom. The second-order valence-corrected chi connectivity index (χ2v) is 17.8. The van der Waals surface area contributed by atoms with Crippen molar-refractivity contribution in [1.29, 1.82) is 0 Å². The van der Waals surface area contributed by atoms with E-state index in [2.05, 4.69) is 87.4 Å². The zero-order chi connectivity index (χ0) is 16.1.